The van der Waals surface area contributed by atoms with Gasteiger partial charge in [0.1, 0.15) is 0 Å². The highest BCUT2D eigenvalue weighted by atomic mass is 15.1. The van der Waals surface area contributed by atoms with Gasteiger partial charge in [-0.05, 0) is 145 Å². The highest BCUT2D eigenvalue weighted by Gasteiger charge is 2.16. The van der Waals surface area contributed by atoms with Crippen molar-refractivity contribution in [3.05, 3.63) is 267 Å². The van der Waals surface area contributed by atoms with Crippen LogP contribution in [0.15, 0.2) is 267 Å². The van der Waals surface area contributed by atoms with Gasteiger partial charge in [0.25, 0.3) is 0 Å². The fourth-order valence-electron chi connectivity index (χ4n) is 9.60. The molecule has 1 heterocycles. The van der Waals surface area contributed by atoms with Crippen LogP contribution in [0.5, 0.6) is 0 Å². The summed E-state index contributed by atoms with van der Waals surface area (Å²) in [6.07, 6.45) is 0. The van der Waals surface area contributed by atoms with E-state index >= 15 is 0 Å². The van der Waals surface area contributed by atoms with Crippen molar-refractivity contribution in [2.45, 2.75) is 0 Å². The van der Waals surface area contributed by atoms with Gasteiger partial charge in [-0.3, -0.25) is 0 Å². The molecule has 0 N–H and O–H groups in total. The number of anilines is 3. The Kier molecular flexibility index (Phi) is 9.89. The molecule has 0 saturated heterocycles. The lowest BCUT2D eigenvalue weighted by molar-refractivity contribution is 1.18. The Morgan fingerprint density at radius 3 is 1.24 bits per heavy atom. The maximum atomic E-state index is 2.37. The molecule has 0 amide bonds. The minimum Gasteiger partial charge on any atom is -0.311 e. The smallest absolute Gasteiger partial charge is 0.0541 e. The predicted octanol–water partition coefficient (Wildman–Crippen LogP) is 17.7. The predicted molar refractivity (Wildman–Crippen MR) is 280 cm³/mol. The molecule has 2 heteroatoms. The number of hydrogen-bond acceptors (Lipinski definition) is 1. The minimum atomic E-state index is 1.09. The van der Waals surface area contributed by atoms with E-state index in [0.29, 0.717) is 0 Å². The zero-order valence-electron chi connectivity index (χ0n) is 36.3. The van der Waals surface area contributed by atoms with E-state index < -0.39 is 0 Å². The zero-order chi connectivity index (χ0) is 43.8. The highest BCUT2D eigenvalue weighted by molar-refractivity contribution is 6.10. The Hall–Kier alpha value is -8.72. The Balaban J connectivity index is 0.891. The monoisotopic (exact) mass is 840 g/mol. The minimum absolute atomic E-state index is 1.09. The second-order valence-electron chi connectivity index (χ2n) is 17.0. The lowest BCUT2D eigenvalue weighted by Gasteiger charge is -2.26. The summed E-state index contributed by atoms with van der Waals surface area (Å²) in [5.74, 6) is 0. The number of aromatic nitrogens is 1. The van der Waals surface area contributed by atoms with E-state index in [1.54, 1.807) is 0 Å². The van der Waals surface area contributed by atoms with Crippen molar-refractivity contribution < 1.29 is 0 Å². The van der Waals surface area contributed by atoms with Crippen LogP contribution >= 0.6 is 0 Å². The fourth-order valence-corrected chi connectivity index (χ4v) is 9.60. The molecule has 11 aromatic carbocycles. The molecule has 0 aliphatic rings. The van der Waals surface area contributed by atoms with Gasteiger partial charge < -0.3 is 9.47 Å². The van der Waals surface area contributed by atoms with E-state index in [1.165, 1.54) is 88.2 Å². The van der Waals surface area contributed by atoms with Crippen molar-refractivity contribution in [3.8, 4) is 61.3 Å². The fraction of sp³-hybridized carbons (Fsp3) is 0. The summed E-state index contributed by atoms with van der Waals surface area (Å²) >= 11 is 0. The molecule has 2 nitrogen and oxygen atoms in total. The molecule has 0 bridgehead atoms. The molecule has 0 saturated carbocycles. The van der Waals surface area contributed by atoms with Gasteiger partial charge in [0.2, 0.25) is 0 Å². The molecule has 0 aliphatic carbocycles. The van der Waals surface area contributed by atoms with E-state index in [2.05, 4.69) is 276 Å². The van der Waals surface area contributed by atoms with Gasteiger partial charge >= 0.3 is 0 Å². The molecule has 0 aliphatic heterocycles. The molecular weight excluding hydrogens is 797 g/mol. The third-order valence-corrected chi connectivity index (χ3v) is 13.0. The molecule has 0 radical (unpaired) electrons. The number of fused-ring (bicyclic) bond motifs is 4. The normalized spacial score (nSPS) is 11.3. The van der Waals surface area contributed by atoms with Crippen molar-refractivity contribution >= 4 is 49.6 Å². The van der Waals surface area contributed by atoms with Crippen molar-refractivity contribution in [1.29, 1.82) is 0 Å². The summed E-state index contributed by atoms with van der Waals surface area (Å²) < 4.78 is 2.37. The number of rotatable bonds is 9. The summed E-state index contributed by atoms with van der Waals surface area (Å²) in [5.41, 5.74) is 18.8. The van der Waals surface area contributed by atoms with Gasteiger partial charge in [-0.25, -0.2) is 0 Å². The van der Waals surface area contributed by atoms with Gasteiger partial charge in [-0.2, -0.15) is 0 Å². The lowest BCUT2D eigenvalue weighted by Crippen LogP contribution is -2.09. The standard InChI is InChI=1S/C64H44N2/c1-3-12-45(13-4-1)47-22-24-48(25-23-47)49-28-35-58(36-29-49)65(59-37-30-50(31-38-59)53-16-11-17-54(42-53)55-27-26-46-14-7-8-15-52(46)43-55)60-39-32-51(33-40-60)56-34-41-64-62(44-56)61-20-9-10-21-63(61)66(64)57-18-5-2-6-19-57/h1-44H. The van der Waals surface area contributed by atoms with Crippen LogP contribution in [0.3, 0.4) is 0 Å². The van der Waals surface area contributed by atoms with Crippen LogP contribution in [0.1, 0.15) is 0 Å². The quantitative estimate of drug-likeness (QED) is 0.141. The van der Waals surface area contributed by atoms with Crippen molar-refractivity contribution in [2.24, 2.45) is 0 Å². The van der Waals surface area contributed by atoms with E-state index in [9.17, 15) is 0 Å². The molecule has 12 aromatic rings. The first-order valence-corrected chi connectivity index (χ1v) is 22.7. The maximum absolute atomic E-state index is 2.37. The third-order valence-electron chi connectivity index (χ3n) is 13.0. The van der Waals surface area contributed by atoms with Crippen molar-refractivity contribution in [2.75, 3.05) is 4.90 Å². The van der Waals surface area contributed by atoms with Crippen LogP contribution in [0.25, 0.3) is 93.9 Å². The van der Waals surface area contributed by atoms with Crippen LogP contribution < -0.4 is 4.90 Å². The van der Waals surface area contributed by atoms with E-state index in [4.69, 9.17) is 0 Å². The topological polar surface area (TPSA) is 8.17 Å². The summed E-state index contributed by atoms with van der Waals surface area (Å²) in [4.78, 5) is 2.36. The Labute approximate surface area is 385 Å². The second-order valence-corrected chi connectivity index (χ2v) is 17.0. The van der Waals surface area contributed by atoms with Crippen LogP contribution in [-0.4, -0.2) is 4.57 Å². The molecule has 0 fully saturated rings. The molecule has 0 unspecified atom stereocenters. The molecule has 310 valence electrons. The average Bonchev–Trinajstić information content (AvgIpc) is 3.73. The average molecular weight is 841 g/mol. The van der Waals surface area contributed by atoms with Gasteiger partial charge in [0.15, 0.2) is 0 Å². The summed E-state index contributed by atoms with van der Waals surface area (Å²) in [7, 11) is 0. The van der Waals surface area contributed by atoms with Crippen molar-refractivity contribution in [3.63, 3.8) is 0 Å². The zero-order valence-corrected chi connectivity index (χ0v) is 36.3. The largest absolute Gasteiger partial charge is 0.311 e. The molecule has 12 rings (SSSR count). The molecule has 0 atom stereocenters. The van der Waals surface area contributed by atoms with Crippen LogP contribution in [-0.2, 0) is 0 Å². The van der Waals surface area contributed by atoms with Crippen LogP contribution in [0, 0.1) is 0 Å². The van der Waals surface area contributed by atoms with E-state index in [0.717, 1.165) is 22.7 Å². The van der Waals surface area contributed by atoms with Gasteiger partial charge in [0.05, 0.1) is 11.0 Å². The van der Waals surface area contributed by atoms with Crippen molar-refractivity contribution in [1.82, 2.24) is 4.57 Å². The lowest BCUT2D eigenvalue weighted by atomic mass is 9.97. The number of benzene rings is 11. The van der Waals surface area contributed by atoms with Gasteiger partial charge in [0, 0.05) is 33.5 Å². The Bertz CT molecular complexity index is 3640. The maximum Gasteiger partial charge on any atom is 0.0541 e. The van der Waals surface area contributed by atoms with Crippen LogP contribution in [0.4, 0.5) is 17.1 Å². The SMILES string of the molecule is c1ccc(-c2ccc(-c3ccc(N(c4ccc(-c5cccc(-c6ccc7ccccc7c6)c5)cc4)c4ccc(-c5ccc6c(c5)c5ccccc5n6-c5ccccc5)cc4)cc3)cc2)cc1. The number of para-hydroxylation sites is 2. The first-order chi connectivity index (χ1) is 32.7. The Morgan fingerprint density at radius 1 is 0.227 bits per heavy atom. The summed E-state index contributed by atoms with van der Waals surface area (Å²) in [6, 6.07) is 96.8. The molecular formula is C64H44N2. The molecule has 66 heavy (non-hydrogen) atoms. The van der Waals surface area contributed by atoms with Crippen LogP contribution in [0.2, 0.25) is 0 Å². The van der Waals surface area contributed by atoms with Gasteiger partial charge in [-0.1, -0.05) is 188 Å². The Morgan fingerprint density at radius 2 is 0.621 bits per heavy atom. The number of hydrogen-bond donors (Lipinski definition) is 0. The molecule has 0 spiro atoms. The third kappa shape index (κ3) is 7.31. The first-order valence-electron chi connectivity index (χ1n) is 22.7. The van der Waals surface area contributed by atoms with E-state index in [-0.39, 0.29) is 0 Å². The van der Waals surface area contributed by atoms with E-state index in [1.807, 2.05) is 0 Å². The molecule has 1 aromatic heterocycles. The summed E-state index contributed by atoms with van der Waals surface area (Å²) in [6.45, 7) is 0. The number of nitrogens with zero attached hydrogens (tertiary/aromatic N) is 2. The van der Waals surface area contributed by atoms with Gasteiger partial charge in [-0.15, -0.1) is 0 Å². The second kappa shape index (κ2) is 16.8. The first kappa shape index (κ1) is 38.9. The highest BCUT2D eigenvalue weighted by Crippen LogP contribution is 2.40. The summed E-state index contributed by atoms with van der Waals surface area (Å²) in [5, 5.41) is 5.00.